The highest BCUT2D eigenvalue weighted by atomic mass is 35.5. The van der Waals surface area contributed by atoms with Crippen LogP contribution in [0.25, 0.3) is 11.1 Å². The Morgan fingerprint density at radius 3 is 2.72 bits per heavy atom. The summed E-state index contributed by atoms with van der Waals surface area (Å²) in [6, 6.07) is 15.0. The Balaban J connectivity index is 1.43. The van der Waals surface area contributed by atoms with Crippen molar-refractivity contribution in [3.63, 3.8) is 0 Å². The first-order valence-corrected chi connectivity index (χ1v) is 10.1. The number of fused-ring (bicyclic) bond motifs is 1. The van der Waals surface area contributed by atoms with Crippen molar-refractivity contribution in [1.29, 1.82) is 0 Å². The number of para-hydroxylation sites is 2. The van der Waals surface area contributed by atoms with Gasteiger partial charge in [0.1, 0.15) is 0 Å². The number of hydrogen-bond donors (Lipinski definition) is 1. The average Bonchev–Trinajstić information content (AvgIpc) is 3.06. The average molecular weight is 415 g/mol. The number of carbonyl (C=O) groups is 1. The zero-order valence-corrected chi connectivity index (χ0v) is 16.8. The molecule has 1 saturated heterocycles. The molecule has 0 radical (unpaired) electrons. The molecular formula is C22H23ClN2O4. The largest absolute Gasteiger partial charge is 0.419 e. The maximum Gasteiger partial charge on any atom is 0.419 e. The number of hydrogen-bond acceptors (Lipinski definition) is 4. The minimum Gasteiger partial charge on any atom is -0.408 e. The number of aryl methyl sites for hydroxylation is 1. The second kappa shape index (κ2) is 8.43. The molecule has 4 rings (SSSR count). The Morgan fingerprint density at radius 2 is 1.93 bits per heavy atom. The molecule has 0 atom stereocenters. The molecule has 6 nitrogen and oxygen atoms in total. The van der Waals surface area contributed by atoms with Crippen molar-refractivity contribution >= 4 is 28.6 Å². The summed E-state index contributed by atoms with van der Waals surface area (Å²) in [5.41, 5.74) is 2.15. The van der Waals surface area contributed by atoms with E-state index in [1.54, 1.807) is 6.07 Å². The first-order chi connectivity index (χ1) is 14.1. The van der Waals surface area contributed by atoms with Gasteiger partial charge in [0.05, 0.1) is 5.52 Å². The number of aromatic nitrogens is 1. The lowest BCUT2D eigenvalue weighted by Crippen LogP contribution is -2.44. The van der Waals surface area contributed by atoms with Crippen molar-refractivity contribution in [2.24, 2.45) is 0 Å². The van der Waals surface area contributed by atoms with Gasteiger partial charge in [-0.1, -0.05) is 35.9 Å². The number of benzene rings is 2. The van der Waals surface area contributed by atoms with Crippen molar-refractivity contribution in [2.45, 2.75) is 31.2 Å². The van der Waals surface area contributed by atoms with Crippen molar-refractivity contribution in [3.8, 4) is 0 Å². The molecule has 2 aromatic carbocycles. The summed E-state index contributed by atoms with van der Waals surface area (Å²) >= 11 is 6.20. The number of rotatable bonds is 6. The molecule has 0 unspecified atom stereocenters. The molecule has 0 saturated carbocycles. The Kier molecular flexibility index (Phi) is 5.74. The van der Waals surface area contributed by atoms with Gasteiger partial charge < -0.3 is 14.5 Å². The summed E-state index contributed by atoms with van der Waals surface area (Å²) in [4.78, 5) is 24.6. The Morgan fingerprint density at radius 1 is 1.14 bits per heavy atom. The van der Waals surface area contributed by atoms with E-state index in [1.807, 2.05) is 36.4 Å². The Labute approximate surface area is 173 Å². The smallest absolute Gasteiger partial charge is 0.408 e. The van der Waals surface area contributed by atoms with E-state index in [2.05, 4.69) is 11.4 Å². The molecule has 0 spiro atoms. The fourth-order valence-corrected chi connectivity index (χ4v) is 4.13. The first-order valence-electron chi connectivity index (χ1n) is 9.76. The molecule has 29 heavy (non-hydrogen) atoms. The van der Waals surface area contributed by atoms with Crippen LogP contribution in [0.1, 0.15) is 24.8 Å². The number of ether oxygens (including phenoxy) is 1. The van der Waals surface area contributed by atoms with Crippen LogP contribution in [0.5, 0.6) is 0 Å². The molecule has 1 fully saturated rings. The van der Waals surface area contributed by atoms with Crippen LogP contribution in [0.15, 0.2) is 57.7 Å². The highest BCUT2D eigenvalue weighted by Gasteiger charge is 2.35. The van der Waals surface area contributed by atoms with E-state index in [-0.39, 0.29) is 24.3 Å². The molecular weight excluding hydrogens is 392 g/mol. The number of amides is 1. The molecule has 3 aromatic rings. The fraction of sp³-hybridized carbons (Fsp3) is 0.364. The second-order valence-corrected chi connectivity index (χ2v) is 7.85. The highest BCUT2D eigenvalue weighted by molar-refractivity contribution is 6.30. The van der Waals surface area contributed by atoms with Gasteiger partial charge in [-0.25, -0.2) is 4.79 Å². The van der Waals surface area contributed by atoms with E-state index >= 15 is 0 Å². The zero-order chi connectivity index (χ0) is 20.3. The summed E-state index contributed by atoms with van der Waals surface area (Å²) in [5.74, 6) is -0.547. The third-order valence-electron chi connectivity index (χ3n) is 5.65. The van der Waals surface area contributed by atoms with Gasteiger partial charge in [-0.05, 0) is 42.7 Å². The summed E-state index contributed by atoms with van der Waals surface area (Å²) < 4.78 is 12.3. The molecule has 0 bridgehead atoms. The Hall–Kier alpha value is -2.57. The fourth-order valence-electron chi connectivity index (χ4n) is 3.94. The van der Waals surface area contributed by atoms with Gasteiger partial charge in [-0.15, -0.1) is 0 Å². The van der Waals surface area contributed by atoms with Gasteiger partial charge in [0.25, 0.3) is 0 Å². The molecule has 1 N–H and O–H groups in total. The summed E-state index contributed by atoms with van der Waals surface area (Å²) in [6.45, 7) is 2.09. The zero-order valence-electron chi connectivity index (χ0n) is 16.0. The molecule has 0 aliphatic carbocycles. The van der Waals surface area contributed by atoms with Crippen LogP contribution in [0, 0.1) is 0 Å². The molecule has 1 aliphatic rings. The number of nitrogens with zero attached hydrogens (tertiary/aromatic N) is 1. The number of oxazole rings is 1. The summed E-state index contributed by atoms with van der Waals surface area (Å²) in [6.07, 6.45) is 1.84. The van der Waals surface area contributed by atoms with Crippen molar-refractivity contribution in [1.82, 2.24) is 9.88 Å². The summed E-state index contributed by atoms with van der Waals surface area (Å²) in [7, 11) is 0. The van der Waals surface area contributed by atoms with Gasteiger partial charge in [-0.3, -0.25) is 9.36 Å². The molecule has 7 heteroatoms. The van der Waals surface area contributed by atoms with E-state index in [9.17, 15) is 9.59 Å². The van der Waals surface area contributed by atoms with Gasteiger partial charge >= 0.3 is 5.76 Å². The van der Waals surface area contributed by atoms with E-state index < -0.39 is 5.76 Å². The standard InChI is InChI=1S/C22H23ClN2O4/c23-17-5-3-4-16(14-17)22(9-12-28-13-10-22)15-24-20(26)8-11-25-18-6-1-2-7-19(18)29-21(25)27/h1-7,14H,8-13,15H2,(H,24,26). The van der Waals surface area contributed by atoms with Gasteiger partial charge in [-0.2, -0.15) is 0 Å². The monoisotopic (exact) mass is 414 g/mol. The predicted octanol–water partition coefficient (Wildman–Crippen LogP) is 3.50. The number of nitrogens with one attached hydrogen (secondary N) is 1. The van der Waals surface area contributed by atoms with E-state index in [1.165, 1.54) is 4.57 Å². The molecule has 1 aliphatic heterocycles. The topological polar surface area (TPSA) is 73.5 Å². The van der Waals surface area contributed by atoms with Crippen molar-refractivity contribution < 1.29 is 13.9 Å². The first kappa shape index (κ1) is 19.7. The van der Waals surface area contributed by atoms with Crippen LogP contribution in [-0.4, -0.2) is 30.2 Å². The van der Waals surface area contributed by atoms with E-state index in [4.69, 9.17) is 20.8 Å². The van der Waals surface area contributed by atoms with Crippen molar-refractivity contribution in [3.05, 3.63) is 69.7 Å². The SMILES string of the molecule is O=C(CCn1c(=O)oc2ccccc21)NCC1(c2cccc(Cl)c2)CCOCC1. The molecule has 1 amide bonds. The maximum atomic E-state index is 12.6. The van der Waals surface area contributed by atoms with Crippen LogP contribution in [0.3, 0.4) is 0 Å². The third-order valence-corrected chi connectivity index (χ3v) is 5.88. The quantitative estimate of drug-likeness (QED) is 0.670. The third kappa shape index (κ3) is 4.23. The molecule has 1 aromatic heterocycles. The normalized spacial score (nSPS) is 16.0. The maximum absolute atomic E-state index is 12.6. The second-order valence-electron chi connectivity index (χ2n) is 7.42. The lowest BCUT2D eigenvalue weighted by Gasteiger charge is -2.38. The number of carbonyl (C=O) groups excluding carboxylic acids is 1. The minimum absolute atomic E-state index is 0.102. The highest BCUT2D eigenvalue weighted by Crippen LogP contribution is 2.35. The van der Waals surface area contributed by atoms with Crippen LogP contribution in [-0.2, 0) is 21.5 Å². The lowest BCUT2D eigenvalue weighted by atomic mass is 9.74. The summed E-state index contributed by atoms with van der Waals surface area (Å²) in [5, 5.41) is 3.74. The van der Waals surface area contributed by atoms with Crippen LogP contribution in [0.2, 0.25) is 5.02 Å². The van der Waals surface area contributed by atoms with Gasteiger partial charge in [0.15, 0.2) is 5.58 Å². The lowest BCUT2D eigenvalue weighted by molar-refractivity contribution is -0.121. The minimum atomic E-state index is -0.446. The van der Waals surface area contributed by atoms with Crippen LogP contribution >= 0.6 is 11.6 Å². The van der Waals surface area contributed by atoms with Crippen LogP contribution in [0.4, 0.5) is 0 Å². The van der Waals surface area contributed by atoms with Gasteiger partial charge in [0.2, 0.25) is 5.91 Å². The Bertz CT molecular complexity index is 1070. The van der Waals surface area contributed by atoms with Gasteiger partial charge in [0, 0.05) is 43.2 Å². The predicted molar refractivity (Wildman–Crippen MR) is 111 cm³/mol. The van der Waals surface area contributed by atoms with E-state index in [0.29, 0.717) is 35.9 Å². The molecule has 2 heterocycles. The van der Waals surface area contributed by atoms with Crippen molar-refractivity contribution in [2.75, 3.05) is 19.8 Å². The molecule has 152 valence electrons. The number of halogens is 1. The van der Waals surface area contributed by atoms with E-state index in [0.717, 1.165) is 18.4 Å². The van der Waals surface area contributed by atoms with Crippen LogP contribution < -0.4 is 11.1 Å².